The van der Waals surface area contributed by atoms with Crippen LogP contribution in [-0.2, 0) is 4.79 Å². The normalized spacial score (nSPS) is 16.3. The fourth-order valence-electron chi connectivity index (χ4n) is 4.30. The van der Waals surface area contributed by atoms with Crippen molar-refractivity contribution >= 4 is 22.7 Å². The first-order valence-electron chi connectivity index (χ1n) is 11.3. The molecule has 0 radical (unpaired) electrons. The molecule has 172 valence electrons. The number of hydrogen-bond donors (Lipinski definition) is 1. The number of furan rings is 1. The molecule has 2 aromatic carbocycles. The number of para-hydroxylation sites is 1. The first kappa shape index (κ1) is 22.6. The predicted octanol–water partition coefficient (Wildman–Crippen LogP) is 5.94. The maximum Gasteiger partial charge on any atom is 0.290 e. The van der Waals surface area contributed by atoms with Crippen molar-refractivity contribution in [3.63, 3.8) is 0 Å². The van der Waals surface area contributed by atoms with E-state index in [0.717, 1.165) is 24.0 Å². The SMILES string of the molecule is CCCCN1C(=O)C(O)=C(C(=O)c2cc3cccc(OC)c3o2)C1c1ccc(C(C)C)cc1. The lowest BCUT2D eigenvalue weighted by Gasteiger charge is -2.27. The molecule has 1 aromatic heterocycles. The molecule has 0 spiro atoms. The number of nitrogens with zero attached hydrogens (tertiary/aromatic N) is 1. The molecule has 3 aromatic rings. The van der Waals surface area contributed by atoms with Crippen molar-refractivity contribution in [3.8, 4) is 5.75 Å². The summed E-state index contributed by atoms with van der Waals surface area (Å²) in [5.41, 5.74) is 2.44. The summed E-state index contributed by atoms with van der Waals surface area (Å²) in [6, 6.07) is 14.2. The third-order valence-electron chi connectivity index (χ3n) is 6.17. The fourth-order valence-corrected chi connectivity index (χ4v) is 4.30. The number of carbonyl (C=O) groups excluding carboxylic acids is 2. The van der Waals surface area contributed by atoms with Crippen molar-refractivity contribution in [2.45, 2.75) is 45.6 Å². The molecule has 0 aliphatic carbocycles. The van der Waals surface area contributed by atoms with Gasteiger partial charge in [0.15, 0.2) is 22.9 Å². The minimum absolute atomic E-state index is 0.0476. The summed E-state index contributed by atoms with van der Waals surface area (Å²) in [6.07, 6.45) is 1.65. The van der Waals surface area contributed by atoms with Crippen molar-refractivity contribution in [2.75, 3.05) is 13.7 Å². The molecule has 0 fully saturated rings. The highest BCUT2D eigenvalue weighted by Crippen LogP contribution is 2.40. The van der Waals surface area contributed by atoms with Gasteiger partial charge in [-0.05, 0) is 35.6 Å². The predicted molar refractivity (Wildman–Crippen MR) is 127 cm³/mol. The second-order valence-electron chi connectivity index (χ2n) is 8.66. The Morgan fingerprint density at radius 1 is 1.18 bits per heavy atom. The van der Waals surface area contributed by atoms with Crippen LogP contribution in [-0.4, -0.2) is 35.4 Å². The van der Waals surface area contributed by atoms with E-state index in [9.17, 15) is 14.7 Å². The minimum Gasteiger partial charge on any atom is -0.503 e. The number of benzene rings is 2. The fraction of sp³-hybridized carbons (Fsp3) is 0.333. The monoisotopic (exact) mass is 447 g/mol. The molecule has 0 bridgehead atoms. The number of aliphatic hydroxyl groups is 1. The molecule has 33 heavy (non-hydrogen) atoms. The lowest BCUT2D eigenvalue weighted by Crippen LogP contribution is -2.32. The van der Waals surface area contributed by atoms with Gasteiger partial charge < -0.3 is 19.2 Å². The summed E-state index contributed by atoms with van der Waals surface area (Å²) in [7, 11) is 1.53. The van der Waals surface area contributed by atoms with Gasteiger partial charge in [-0.2, -0.15) is 0 Å². The topological polar surface area (TPSA) is 80.0 Å². The number of carbonyl (C=O) groups is 2. The Morgan fingerprint density at radius 2 is 1.91 bits per heavy atom. The Bertz CT molecular complexity index is 1220. The number of hydrogen-bond acceptors (Lipinski definition) is 5. The zero-order valence-corrected chi connectivity index (χ0v) is 19.4. The van der Waals surface area contributed by atoms with Gasteiger partial charge in [0.2, 0.25) is 5.78 Å². The van der Waals surface area contributed by atoms with Gasteiger partial charge in [-0.1, -0.05) is 63.6 Å². The standard InChI is InChI=1S/C27H29NO5/c1-5-6-14-28-23(18-12-10-17(11-13-18)16(2)3)22(25(30)27(28)31)24(29)21-15-19-8-7-9-20(32-4)26(19)33-21/h7-13,15-16,23,30H,5-6,14H2,1-4H3. The van der Waals surface area contributed by atoms with E-state index in [1.165, 1.54) is 7.11 Å². The smallest absolute Gasteiger partial charge is 0.290 e. The van der Waals surface area contributed by atoms with Crippen LogP contribution >= 0.6 is 0 Å². The van der Waals surface area contributed by atoms with Crippen LogP contribution in [0.1, 0.15) is 67.3 Å². The van der Waals surface area contributed by atoms with Crippen LogP contribution in [0.2, 0.25) is 0 Å². The first-order chi connectivity index (χ1) is 15.9. The van der Waals surface area contributed by atoms with E-state index in [4.69, 9.17) is 9.15 Å². The third-order valence-corrected chi connectivity index (χ3v) is 6.17. The molecule has 1 aliphatic heterocycles. The largest absolute Gasteiger partial charge is 0.503 e. The van der Waals surface area contributed by atoms with E-state index in [2.05, 4.69) is 13.8 Å². The zero-order valence-electron chi connectivity index (χ0n) is 19.4. The molecule has 6 nitrogen and oxygen atoms in total. The van der Waals surface area contributed by atoms with Crippen LogP contribution in [0.4, 0.5) is 0 Å². The van der Waals surface area contributed by atoms with E-state index in [1.54, 1.807) is 17.0 Å². The van der Waals surface area contributed by atoms with Gasteiger partial charge in [-0.15, -0.1) is 0 Å². The molecule has 1 N–H and O–H groups in total. The van der Waals surface area contributed by atoms with E-state index < -0.39 is 23.5 Å². The second kappa shape index (κ2) is 9.14. The summed E-state index contributed by atoms with van der Waals surface area (Å²) >= 11 is 0. The number of Topliss-reactive ketones (excluding diaryl/α,β-unsaturated/α-hetero) is 1. The number of ketones is 1. The molecular formula is C27H29NO5. The van der Waals surface area contributed by atoms with Gasteiger partial charge in [-0.3, -0.25) is 9.59 Å². The summed E-state index contributed by atoms with van der Waals surface area (Å²) in [4.78, 5) is 28.2. The van der Waals surface area contributed by atoms with Crippen molar-refractivity contribution in [1.82, 2.24) is 4.90 Å². The highest BCUT2D eigenvalue weighted by Gasteiger charge is 2.44. The Kier molecular flexibility index (Phi) is 6.27. The molecular weight excluding hydrogens is 418 g/mol. The summed E-state index contributed by atoms with van der Waals surface area (Å²) in [6.45, 7) is 6.70. The Labute approximate surface area is 193 Å². The quantitative estimate of drug-likeness (QED) is 0.432. The lowest BCUT2D eigenvalue weighted by molar-refractivity contribution is -0.129. The molecule has 1 unspecified atom stereocenters. The summed E-state index contributed by atoms with van der Waals surface area (Å²) in [5.74, 6) is -0.616. The van der Waals surface area contributed by atoms with Crippen molar-refractivity contribution in [3.05, 3.63) is 76.8 Å². The average molecular weight is 448 g/mol. The Balaban J connectivity index is 1.79. The summed E-state index contributed by atoms with van der Waals surface area (Å²) < 4.78 is 11.2. The Morgan fingerprint density at radius 3 is 2.55 bits per heavy atom. The van der Waals surface area contributed by atoms with E-state index in [1.807, 2.05) is 43.3 Å². The van der Waals surface area contributed by atoms with E-state index in [-0.39, 0.29) is 11.3 Å². The van der Waals surface area contributed by atoms with Gasteiger partial charge in [0, 0.05) is 11.9 Å². The van der Waals surface area contributed by atoms with Crippen molar-refractivity contribution in [2.24, 2.45) is 0 Å². The van der Waals surface area contributed by atoms with Crippen LogP contribution in [0, 0.1) is 0 Å². The molecule has 0 saturated carbocycles. The first-order valence-corrected chi connectivity index (χ1v) is 11.3. The molecule has 6 heteroatoms. The van der Waals surface area contributed by atoms with E-state index in [0.29, 0.717) is 29.2 Å². The second-order valence-corrected chi connectivity index (χ2v) is 8.66. The minimum atomic E-state index is -0.673. The number of ether oxygens (including phenoxy) is 1. The highest BCUT2D eigenvalue weighted by molar-refractivity contribution is 6.16. The zero-order chi connectivity index (χ0) is 23.7. The molecule has 4 rings (SSSR count). The van der Waals surface area contributed by atoms with Crippen LogP contribution in [0.5, 0.6) is 5.75 Å². The summed E-state index contributed by atoms with van der Waals surface area (Å²) in [5, 5.41) is 11.5. The number of unbranched alkanes of at least 4 members (excludes halogenated alkanes) is 1. The Hall–Kier alpha value is -3.54. The van der Waals surface area contributed by atoms with Gasteiger partial charge in [0.25, 0.3) is 5.91 Å². The lowest BCUT2D eigenvalue weighted by atomic mass is 9.93. The van der Waals surface area contributed by atoms with Crippen LogP contribution < -0.4 is 4.74 Å². The van der Waals surface area contributed by atoms with Gasteiger partial charge in [0.05, 0.1) is 18.7 Å². The molecule has 2 heterocycles. The number of rotatable bonds is 8. The van der Waals surface area contributed by atoms with Crippen LogP contribution in [0.3, 0.4) is 0 Å². The third kappa shape index (κ3) is 4.01. The van der Waals surface area contributed by atoms with Crippen LogP contribution in [0.25, 0.3) is 11.0 Å². The molecule has 0 saturated heterocycles. The average Bonchev–Trinajstić information content (AvgIpc) is 3.36. The maximum absolute atomic E-state index is 13.6. The van der Waals surface area contributed by atoms with Gasteiger partial charge in [-0.25, -0.2) is 0 Å². The molecule has 1 atom stereocenters. The van der Waals surface area contributed by atoms with Crippen LogP contribution in [0.15, 0.2) is 64.3 Å². The van der Waals surface area contributed by atoms with E-state index >= 15 is 0 Å². The van der Waals surface area contributed by atoms with Gasteiger partial charge in [0.1, 0.15) is 0 Å². The number of aliphatic hydroxyl groups excluding tert-OH is 1. The maximum atomic E-state index is 13.6. The molecule has 1 aliphatic rings. The highest BCUT2D eigenvalue weighted by atomic mass is 16.5. The number of fused-ring (bicyclic) bond motifs is 1. The van der Waals surface area contributed by atoms with Crippen molar-refractivity contribution < 1.29 is 23.8 Å². The number of amides is 1. The van der Waals surface area contributed by atoms with Crippen molar-refractivity contribution in [1.29, 1.82) is 0 Å². The number of methoxy groups -OCH3 is 1. The van der Waals surface area contributed by atoms with Gasteiger partial charge >= 0.3 is 0 Å². The molecule has 1 amide bonds.